The summed E-state index contributed by atoms with van der Waals surface area (Å²) in [5.41, 5.74) is 5.47. The first-order chi connectivity index (χ1) is 11.9. The van der Waals surface area contributed by atoms with Crippen LogP contribution in [0, 0.1) is 5.92 Å². The van der Waals surface area contributed by atoms with Crippen LogP contribution >= 0.6 is 0 Å². The average molecular weight is 365 g/mol. The molecule has 1 aromatic rings. The van der Waals surface area contributed by atoms with Gasteiger partial charge < -0.3 is 11.1 Å². The van der Waals surface area contributed by atoms with Crippen molar-refractivity contribution < 1.29 is 13.2 Å². The number of rotatable bonds is 5. The Kier molecular flexibility index (Phi) is 5.46. The molecule has 0 spiro atoms. The van der Waals surface area contributed by atoms with Crippen molar-refractivity contribution in [1.29, 1.82) is 0 Å². The molecule has 138 valence electrons. The number of amides is 1. The number of nitrogens with two attached hydrogens (primary N) is 1. The minimum absolute atomic E-state index is 0.0515. The van der Waals surface area contributed by atoms with E-state index in [1.807, 2.05) is 6.07 Å². The third-order valence-corrected chi connectivity index (χ3v) is 7.37. The summed E-state index contributed by atoms with van der Waals surface area (Å²) in [5.74, 6) is 0.250. The molecule has 0 radical (unpaired) electrons. The molecule has 3 N–H and O–H groups in total. The van der Waals surface area contributed by atoms with E-state index in [-0.39, 0.29) is 5.91 Å². The second kappa shape index (κ2) is 7.43. The lowest BCUT2D eigenvalue weighted by Crippen LogP contribution is -2.53. The molecule has 0 unspecified atom stereocenters. The molecule has 1 aliphatic carbocycles. The number of carbonyl (C=O) groups excluding carboxylic acids is 1. The van der Waals surface area contributed by atoms with E-state index in [0.29, 0.717) is 30.4 Å². The van der Waals surface area contributed by atoms with Gasteiger partial charge in [-0.15, -0.1) is 0 Å². The van der Waals surface area contributed by atoms with Crippen molar-refractivity contribution in [2.75, 3.05) is 19.6 Å². The monoisotopic (exact) mass is 365 g/mol. The molecule has 1 saturated carbocycles. The summed E-state index contributed by atoms with van der Waals surface area (Å²) in [7, 11) is -3.41. The summed E-state index contributed by atoms with van der Waals surface area (Å²) in [5, 5.41) is 2.99. The quantitative estimate of drug-likeness (QED) is 0.826. The van der Waals surface area contributed by atoms with Gasteiger partial charge in [0.1, 0.15) is 0 Å². The molecule has 2 aliphatic rings. The molecule has 0 aromatic heterocycles. The predicted octanol–water partition coefficient (Wildman–Crippen LogP) is 1.47. The molecule has 1 amide bonds. The molecule has 1 saturated heterocycles. The van der Waals surface area contributed by atoms with Crippen LogP contribution in [0.2, 0.25) is 0 Å². The van der Waals surface area contributed by atoms with Gasteiger partial charge >= 0.3 is 0 Å². The summed E-state index contributed by atoms with van der Waals surface area (Å²) in [6, 6.07) is 8.54. The van der Waals surface area contributed by atoms with Crippen LogP contribution < -0.4 is 11.1 Å². The number of nitrogens with zero attached hydrogens (tertiary/aromatic N) is 1. The van der Waals surface area contributed by atoms with Gasteiger partial charge in [-0.05, 0) is 43.7 Å². The van der Waals surface area contributed by atoms with Gasteiger partial charge in [-0.25, -0.2) is 8.42 Å². The molecule has 1 aromatic carbocycles. The maximum Gasteiger partial charge on any atom is 0.243 e. The maximum atomic E-state index is 12.6. The van der Waals surface area contributed by atoms with Gasteiger partial charge in [-0.2, -0.15) is 4.31 Å². The minimum Gasteiger partial charge on any atom is -0.354 e. The minimum atomic E-state index is -3.41. The molecule has 1 heterocycles. The number of carbonyl (C=O) groups is 1. The Labute approximate surface area is 149 Å². The van der Waals surface area contributed by atoms with E-state index in [9.17, 15) is 13.2 Å². The first-order valence-corrected chi connectivity index (χ1v) is 10.5. The van der Waals surface area contributed by atoms with Crippen molar-refractivity contribution in [3.63, 3.8) is 0 Å². The Morgan fingerprint density at radius 3 is 2.36 bits per heavy atom. The van der Waals surface area contributed by atoms with Crippen LogP contribution in [0.1, 0.15) is 38.5 Å². The molecular formula is C18H27N3O3S. The fourth-order valence-corrected chi connectivity index (χ4v) is 5.23. The highest BCUT2D eigenvalue weighted by Crippen LogP contribution is 2.28. The number of hydrogen-bond acceptors (Lipinski definition) is 4. The van der Waals surface area contributed by atoms with Crippen LogP contribution in [0.4, 0.5) is 0 Å². The van der Waals surface area contributed by atoms with E-state index >= 15 is 0 Å². The molecule has 0 atom stereocenters. The second-order valence-corrected chi connectivity index (χ2v) is 9.17. The lowest BCUT2D eigenvalue weighted by molar-refractivity contribution is -0.126. The third-order valence-electron chi connectivity index (χ3n) is 5.45. The van der Waals surface area contributed by atoms with E-state index in [2.05, 4.69) is 5.32 Å². The fraction of sp³-hybridized carbons (Fsp3) is 0.611. The molecule has 7 heteroatoms. The zero-order valence-electron chi connectivity index (χ0n) is 14.5. The molecule has 3 rings (SSSR count). The average Bonchev–Trinajstić information content (AvgIpc) is 3.09. The van der Waals surface area contributed by atoms with E-state index in [0.717, 1.165) is 38.5 Å². The molecule has 0 bridgehead atoms. The Hall–Kier alpha value is -1.44. The van der Waals surface area contributed by atoms with Crippen molar-refractivity contribution in [3.05, 3.63) is 30.3 Å². The van der Waals surface area contributed by atoms with Gasteiger partial charge in [0.2, 0.25) is 15.9 Å². The van der Waals surface area contributed by atoms with Crippen molar-refractivity contribution >= 4 is 15.9 Å². The Balaban J connectivity index is 1.50. The van der Waals surface area contributed by atoms with E-state index in [1.165, 1.54) is 0 Å². The van der Waals surface area contributed by atoms with Gasteiger partial charge in [-0.1, -0.05) is 31.0 Å². The highest BCUT2D eigenvalue weighted by atomic mass is 32.2. The number of benzene rings is 1. The fourth-order valence-electron chi connectivity index (χ4n) is 3.74. The Morgan fingerprint density at radius 2 is 1.76 bits per heavy atom. The number of piperidine rings is 1. The topological polar surface area (TPSA) is 92.5 Å². The van der Waals surface area contributed by atoms with Crippen molar-refractivity contribution in [3.8, 4) is 0 Å². The zero-order chi connectivity index (χ0) is 17.9. The number of hydrogen-bond donors (Lipinski definition) is 2. The van der Waals surface area contributed by atoms with Gasteiger partial charge in [0, 0.05) is 19.6 Å². The largest absolute Gasteiger partial charge is 0.354 e. The number of nitrogens with one attached hydrogen (secondary N) is 1. The van der Waals surface area contributed by atoms with Gasteiger partial charge in [0.25, 0.3) is 0 Å². The van der Waals surface area contributed by atoms with Crippen LogP contribution in [0.25, 0.3) is 0 Å². The van der Waals surface area contributed by atoms with E-state index in [4.69, 9.17) is 5.73 Å². The first-order valence-electron chi connectivity index (χ1n) is 9.04. The summed E-state index contributed by atoms with van der Waals surface area (Å²) >= 11 is 0. The van der Waals surface area contributed by atoms with Gasteiger partial charge in [-0.3, -0.25) is 4.79 Å². The number of sulfonamides is 1. The van der Waals surface area contributed by atoms with Gasteiger partial charge in [0.15, 0.2) is 0 Å². The van der Waals surface area contributed by atoms with Crippen LogP contribution in [0.5, 0.6) is 0 Å². The zero-order valence-corrected chi connectivity index (χ0v) is 15.3. The van der Waals surface area contributed by atoms with Crippen LogP contribution in [0.15, 0.2) is 35.2 Å². The summed E-state index contributed by atoms with van der Waals surface area (Å²) in [6.45, 7) is 1.56. The predicted molar refractivity (Wildman–Crippen MR) is 96.3 cm³/mol. The van der Waals surface area contributed by atoms with E-state index in [1.54, 1.807) is 28.6 Å². The van der Waals surface area contributed by atoms with Crippen LogP contribution in [-0.2, 0) is 14.8 Å². The first kappa shape index (κ1) is 18.4. The van der Waals surface area contributed by atoms with E-state index < -0.39 is 15.6 Å². The van der Waals surface area contributed by atoms with Crippen molar-refractivity contribution in [2.24, 2.45) is 11.7 Å². The summed E-state index contributed by atoms with van der Waals surface area (Å²) in [6.07, 6.45) is 5.05. The highest BCUT2D eigenvalue weighted by Gasteiger charge is 2.37. The Morgan fingerprint density at radius 1 is 1.16 bits per heavy atom. The SMILES string of the molecule is NC1(C(=O)NCC2CCN(S(=O)(=O)c3ccccc3)CC2)CCCC1. The summed E-state index contributed by atoms with van der Waals surface area (Å²) in [4.78, 5) is 12.6. The molecule has 2 fully saturated rings. The molecular weight excluding hydrogens is 338 g/mol. The smallest absolute Gasteiger partial charge is 0.243 e. The molecule has 6 nitrogen and oxygen atoms in total. The normalized spacial score (nSPS) is 22.0. The maximum absolute atomic E-state index is 12.6. The second-order valence-electron chi connectivity index (χ2n) is 7.23. The lowest BCUT2D eigenvalue weighted by atomic mass is 9.95. The van der Waals surface area contributed by atoms with Crippen LogP contribution in [-0.4, -0.2) is 43.8 Å². The van der Waals surface area contributed by atoms with Crippen LogP contribution in [0.3, 0.4) is 0 Å². The molecule has 1 aliphatic heterocycles. The summed E-state index contributed by atoms with van der Waals surface area (Å²) < 4.78 is 26.8. The standard InChI is InChI=1S/C18H27N3O3S/c19-18(10-4-5-11-18)17(22)20-14-15-8-12-21(13-9-15)25(23,24)16-6-2-1-3-7-16/h1-3,6-7,15H,4-5,8-14,19H2,(H,20,22). The Bertz CT molecular complexity index is 692. The molecule has 25 heavy (non-hydrogen) atoms. The third kappa shape index (κ3) is 4.04. The lowest BCUT2D eigenvalue weighted by Gasteiger charge is -2.32. The highest BCUT2D eigenvalue weighted by molar-refractivity contribution is 7.89. The van der Waals surface area contributed by atoms with Gasteiger partial charge in [0.05, 0.1) is 10.4 Å². The van der Waals surface area contributed by atoms with Crippen molar-refractivity contribution in [2.45, 2.75) is 49.0 Å². The van der Waals surface area contributed by atoms with Crippen molar-refractivity contribution in [1.82, 2.24) is 9.62 Å².